The van der Waals surface area contributed by atoms with Crippen LogP contribution >= 0.6 is 0 Å². The van der Waals surface area contributed by atoms with Gasteiger partial charge in [-0.3, -0.25) is 9.59 Å². The van der Waals surface area contributed by atoms with Crippen LogP contribution in [0.15, 0.2) is 34.9 Å². The summed E-state index contributed by atoms with van der Waals surface area (Å²) >= 11 is 0. The topological polar surface area (TPSA) is 75.4 Å². The zero-order valence-corrected chi connectivity index (χ0v) is 15.7. The zero-order valence-electron chi connectivity index (χ0n) is 15.7. The first kappa shape index (κ1) is 18.2. The SMILES string of the molecule is Cc1cc([C@@H]2CCCN2C(=O)c2ccc(C(=O)NC(C)(C)C)cc2)no1. The lowest BCUT2D eigenvalue weighted by molar-refractivity contribution is 0.0730. The molecular weight excluding hydrogens is 330 g/mol. The minimum absolute atomic E-state index is 0.0454. The summed E-state index contributed by atoms with van der Waals surface area (Å²) < 4.78 is 5.16. The molecule has 1 aromatic carbocycles. The highest BCUT2D eigenvalue weighted by Gasteiger charge is 2.32. The van der Waals surface area contributed by atoms with E-state index in [1.807, 2.05) is 38.7 Å². The van der Waals surface area contributed by atoms with Gasteiger partial charge in [-0.25, -0.2) is 0 Å². The second-order valence-electron chi connectivity index (χ2n) is 7.80. The van der Waals surface area contributed by atoms with Gasteiger partial charge in [0.05, 0.1) is 6.04 Å². The van der Waals surface area contributed by atoms with Gasteiger partial charge < -0.3 is 14.7 Å². The Kier molecular flexibility index (Phi) is 4.85. The van der Waals surface area contributed by atoms with Crippen molar-refractivity contribution in [2.75, 3.05) is 6.54 Å². The third kappa shape index (κ3) is 3.95. The number of hydrogen-bond acceptors (Lipinski definition) is 4. The minimum Gasteiger partial charge on any atom is -0.361 e. The number of nitrogens with one attached hydrogen (secondary N) is 1. The van der Waals surface area contributed by atoms with Crippen molar-refractivity contribution in [3.05, 3.63) is 52.9 Å². The van der Waals surface area contributed by atoms with Gasteiger partial charge in [0.15, 0.2) is 0 Å². The molecule has 1 N–H and O–H groups in total. The smallest absolute Gasteiger partial charge is 0.254 e. The fourth-order valence-corrected chi connectivity index (χ4v) is 3.20. The number of carbonyl (C=O) groups excluding carboxylic acids is 2. The molecule has 6 heteroatoms. The Balaban J connectivity index is 1.74. The molecule has 0 spiro atoms. The zero-order chi connectivity index (χ0) is 18.9. The molecule has 26 heavy (non-hydrogen) atoms. The number of likely N-dealkylation sites (tertiary alicyclic amines) is 1. The summed E-state index contributed by atoms with van der Waals surface area (Å²) in [6.07, 6.45) is 1.82. The number of rotatable bonds is 3. The third-order valence-corrected chi connectivity index (χ3v) is 4.38. The Hall–Kier alpha value is -2.63. The molecule has 1 aliphatic rings. The molecule has 138 valence electrons. The highest BCUT2D eigenvalue weighted by Crippen LogP contribution is 2.32. The van der Waals surface area contributed by atoms with Crippen LogP contribution in [0.2, 0.25) is 0 Å². The standard InChI is InChI=1S/C20H25N3O3/c1-13-12-16(22-26-13)17-6-5-11-23(17)19(25)15-9-7-14(8-10-15)18(24)21-20(2,3)4/h7-10,12,17H,5-6,11H2,1-4H3,(H,21,24)/t17-/m0/s1. The van der Waals surface area contributed by atoms with Crippen molar-refractivity contribution in [3.63, 3.8) is 0 Å². The van der Waals surface area contributed by atoms with Crippen LogP contribution in [-0.2, 0) is 0 Å². The first-order valence-electron chi connectivity index (χ1n) is 8.91. The van der Waals surface area contributed by atoms with E-state index in [1.165, 1.54) is 0 Å². The molecule has 0 radical (unpaired) electrons. The van der Waals surface area contributed by atoms with Crippen LogP contribution in [0.5, 0.6) is 0 Å². The average Bonchev–Trinajstić information content (AvgIpc) is 3.21. The summed E-state index contributed by atoms with van der Waals surface area (Å²) in [5.41, 5.74) is 1.62. The lowest BCUT2D eigenvalue weighted by Crippen LogP contribution is -2.40. The molecule has 1 fully saturated rings. The first-order valence-corrected chi connectivity index (χ1v) is 8.91. The number of nitrogens with zero attached hydrogens (tertiary/aromatic N) is 2. The molecule has 1 aliphatic heterocycles. The Morgan fingerprint density at radius 2 is 1.85 bits per heavy atom. The van der Waals surface area contributed by atoms with Crippen LogP contribution in [0, 0.1) is 6.92 Å². The number of amides is 2. The van der Waals surface area contributed by atoms with Gasteiger partial charge in [-0.05, 0) is 64.8 Å². The average molecular weight is 355 g/mol. The summed E-state index contributed by atoms with van der Waals surface area (Å²) in [5.74, 6) is 0.554. The molecule has 2 aromatic rings. The van der Waals surface area contributed by atoms with Crippen LogP contribution < -0.4 is 5.32 Å². The van der Waals surface area contributed by atoms with Crippen molar-refractivity contribution < 1.29 is 14.1 Å². The summed E-state index contributed by atoms with van der Waals surface area (Å²) in [4.78, 5) is 27.0. The maximum Gasteiger partial charge on any atom is 0.254 e. The molecule has 0 aliphatic carbocycles. The van der Waals surface area contributed by atoms with E-state index in [2.05, 4.69) is 10.5 Å². The van der Waals surface area contributed by atoms with E-state index < -0.39 is 0 Å². The van der Waals surface area contributed by atoms with Gasteiger partial charge in [0, 0.05) is 29.3 Å². The lowest BCUT2D eigenvalue weighted by atomic mass is 10.1. The quantitative estimate of drug-likeness (QED) is 0.914. The second kappa shape index (κ2) is 6.94. The number of benzene rings is 1. The van der Waals surface area contributed by atoms with E-state index in [1.54, 1.807) is 24.3 Å². The fourth-order valence-electron chi connectivity index (χ4n) is 3.20. The molecule has 0 saturated carbocycles. The Labute approximate surface area is 153 Å². The van der Waals surface area contributed by atoms with E-state index >= 15 is 0 Å². The molecule has 6 nitrogen and oxygen atoms in total. The molecule has 3 rings (SSSR count). The van der Waals surface area contributed by atoms with E-state index in [0.29, 0.717) is 17.7 Å². The molecule has 1 atom stereocenters. The Morgan fingerprint density at radius 1 is 1.19 bits per heavy atom. The van der Waals surface area contributed by atoms with E-state index in [9.17, 15) is 9.59 Å². The molecule has 1 aromatic heterocycles. The maximum atomic E-state index is 12.9. The second-order valence-corrected chi connectivity index (χ2v) is 7.80. The summed E-state index contributed by atoms with van der Waals surface area (Å²) in [6.45, 7) is 8.34. The largest absolute Gasteiger partial charge is 0.361 e. The highest BCUT2D eigenvalue weighted by atomic mass is 16.5. The molecular formula is C20H25N3O3. The monoisotopic (exact) mass is 355 g/mol. The van der Waals surface area contributed by atoms with Crippen LogP contribution in [0.1, 0.15) is 71.8 Å². The van der Waals surface area contributed by atoms with Gasteiger partial charge in [0.1, 0.15) is 11.5 Å². The van der Waals surface area contributed by atoms with Crippen molar-refractivity contribution in [2.45, 2.75) is 52.1 Å². The van der Waals surface area contributed by atoms with Gasteiger partial charge in [-0.1, -0.05) is 5.16 Å². The summed E-state index contributed by atoms with van der Waals surface area (Å²) in [6, 6.07) is 8.64. The molecule has 1 saturated heterocycles. The third-order valence-electron chi connectivity index (χ3n) is 4.38. The Bertz CT molecular complexity index is 802. The minimum atomic E-state index is -0.302. The van der Waals surface area contributed by atoms with Crippen LogP contribution in [0.25, 0.3) is 0 Å². The molecule has 0 unspecified atom stereocenters. The number of carbonyl (C=O) groups is 2. The first-order chi connectivity index (χ1) is 12.2. The van der Waals surface area contributed by atoms with Crippen molar-refractivity contribution in [1.29, 1.82) is 0 Å². The molecule has 2 heterocycles. The molecule has 2 amide bonds. The van der Waals surface area contributed by atoms with Gasteiger partial charge in [-0.2, -0.15) is 0 Å². The van der Waals surface area contributed by atoms with Gasteiger partial charge in [0.2, 0.25) is 0 Å². The van der Waals surface area contributed by atoms with Crippen molar-refractivity contribution >= 4 is 11.8 Å². The van der Waals surface area contributed by atoms with Crippen molar-refractivity contribution in [3.8, 4) is 0 Å². The molecule has 0 bridgehead atoms. The van der Waals surface area contributed by atoms with Gasteiger partial charge in [-0.15, -0.1) is 0 Å². The lowest BCUT2D eigenvalue weighted by Gasteiger charge is -2.23. The van der Waals surface area contributed by atoms with Crippen molar-refractivity contribution in [2.24, 2.45) is 0 Å². The highest BCUT2D eigenvalue weighted by molar-refractivity contribution is 5.98. The van der Waals surface area contributed by atoms with Crippen LogP contribution in [0.3, 0.4) is 0 Å². The number of aromatic nitrogens is 1. The predicted octanol–water partition coefficient (Wildman–Crippen LogP) is 3.49. The number of hydrogen-bond donors (Lipinski definition) is 1. The summed E-state index contributed by atoms with van der Waals surface area (Å²) in [7, 11) is 0. The van der Waals surface area contributed by atoms with Crippen LogP contribution in [0.4, 0.5) is 0 Å². The fraction of sp³-hybridized carbons (Fsp3) is 0.450. The van der Waals surface area contributed by atoms with Gasteiger partial charge in [0.25, 0.3) is 11.8 Å². The maximum absolute atomic E-state index is 12.9. The van der Waals surface area contributed by atoms with Crippen molar-refractivity contribution in [1.82, 2.24) is 15.4 Å². The summed E-state index contributed by atoms with van der Waals surface area (Å²) in [5, 5.41) is 6.99. The van der Waals surface area contributed by atoms with Crippen LogP contribution in [-0.4, -0.2) is 34.0 Å². The van der Waals surface area contributed by atoms with E-state index in [-0.39, 0.29) is 23.4 Å². The van der Waals surface area contributed by atoms with Gasteiger partial charge >= 0.3 is 0 Å². The predicted molar refractivity (Wildman–Crippen MR) is 97.9 cm³/mol. The number of aryl methyl sites for hydroxylation is 1. The Morgan fingerprint density at radius 3 is 2.42 bits per heavy atom. The normalized spacial score (nSPS) is 17.4. The van der Waals surface area contributed by atoms with E-state index in [0.717, 1.165) is 24.3 Å². The van der Waals surface area contributed by atoms with E-state index in [4.69, 9.17) is 4.52 Å².